The zero-order chi connectivity index (χ0) is 10.2. The number of alkyl halides is 1. The van der Waals surface area contributed by atoms with Gasteiger partial charge in [0.15, 0.2) is 0 Å². The van der Waals surface area contributed by atoms with E-state index < -0.39 is 5.85 Å². The first-order valence-corrected chi connectivity index (χ1v) is 4.48. The first-order chi connectivity index (χ1) is 6.57. The molecule has 1 unspecified atom stereocenters. The summed E-state index contributed by atoms with van der Waals surface area (Å²) in [5.74, 6) is -2.26. The Bertz CT molecular complexity index is 457. The first kappa shape index (κ1) is 9.16. The Morgan fingerprint density at radius 3 is 2.36 bits per heavy atom. The molecule has 0 saturated carbocycles. The van der Waals surface area contributed by atoms with Crippen molar-refractivity contribution in [3.63, 3.8) is 0 Å². The van der Waals surface area contributed by atoms with E-state index in [2.05, 4.69) is 0 Å². The van der Waals surface area contributed by atoms with Crippen LogP contribution in [0.2, 0.25) is 0 Å². The molecule has 0 aliphatic heterocycles. The summed E-state index contributed by atoms with van der Waals surface area (Å²) in [6.45, 7) is 1.14. The first-order valence-electron chi connectivity index (χ1n) is 4.48. The summed E-state index contributed by atoms with van der Waals surface area (Å²) < 4.78 is 13.2. The number of rotatable bonds is 1. The molecular weight excluding hydrogens is 179 g/mol. The number of benzene rings is 2. The van der Waals surface area contributed by atoms with Crippen molar-refractivity contribution in [3.05, 3.63) is 48.0 Å². The molecule has 0 aromatic heterocycles. The minimum absolute atomic E-state index is 0.288. The van der Waals surface area contributed by atoms with Gasteiger partial charge in [0.05, 0.1) is 0 Å². The molecule has 0 bridgehead atoms. The van der Waals surface area contributed by atoms with Gasteiger partial charge >= 0.3 is 0 Å². The summed E-state index contributed by atoms with van der Waals surface area (Å²) in [4.78, 5) is 0. The van der Waals surface area contributed by atoms with Gasteiger partial charge in [0.25, 0.3) is 0 Å². The highest BCUT2D eigenvalue weighted by atomic mass is 19.2. The summed E-state index contributed by atoms with van der Waals surface area (Å²) in [5.41, 5.74) is 0.288. The van der Waals surface area contributed by atoms with Gasteiger partial charge in [-0.3, -0.25) is 0 Å². The minimum atomic E-state index is -2.26. The second kappa shape index (κ2) is 3.07. The van der Waals surface area contributed by atoms with Crippen molar-refractivity contribution < 1.29 is 9.50 Å². The molecule has 0 amide bonds. The molecule has 14 heavy (non-hydrogen) atoms. The topological polar surface area (TPSA) is 20.2 Å². The highest BCUT2D eigenvalue weighted by Crippen LogP contribution is 2.25. The van der Waals surface area contributed by atoms with Crippen molar-refractivity contribution in [3.8, 4) is 0 Å². The molecule has 1 N–H and O–H groups in total. The van der Waals surface area contributed by atoms with Crippen molar-refractivity contribution in [1.29, 1.82) is 0 Å². The molecule has 0 aliphatic rings. The van der Waals surface area contributed by atoms with Gasteiger partial charge in [0.2, 0.25) is 5.85 Å². The Balaban J connectivity index is 2.63. The summed E-state index contributed by atoms with van der Waals surface area (Å²) in [5, 5.41) is 11.2. The molecule has 0 fully saturated rings. The lowest BCUT2D eigenvalue weighted by atomic mass is 10.0. The molecule has 0 heterocycles. The maximum Gasteiger partial charge on any atom is 0.230 e. The van der Waals surface area contributed by atoms with Crippen molar-refractivity contribution in [2.24, 2.45) is 0 Å². The number of hydrogen-bond donors (Lipinski definition) is 1. The minimum Gasteiger partial charge on any atom is -0.358 e. The van der Waals surface area contributed by atoms with Gasteiger partial charge in [-0.25, -0.2) is 4.39 Å². The van der Waals surface area contributed by atoms with E-state index in [4.69, 9.17) is 0 Å². The molecule has 72 valence electrons. The maximum absolute atomic E-state index is 13.2. The third-order valence-corrected chi connectivity index (χ3v) is 2.28. The van der Waals surface area contributed by atoms with Crippen LogP contribution in [-0.2, 0) is 5.85 Å². The van der Waals surface area contributed by atoms with Crippen molar-refractivity contribution in [2.45, 2.75) is 12.8 Å². The Labute approximate surface area is 81.8 Å². The predicted octanol–water partition coefficient (Wildman–Crippen LogP) is 2.97. The van der Waals surface area contributed by atoms with Crippen LogP contribution < -0.4 is 0 Å². The quantitative estimate of drug-likeness (QED) is 0.733. The summed E-state index contributed by atoms with van der Waals surface area (Å²) >= 11 is 0. The number of halogens is 1. The van der Waals surface area contributed by atoms with Gasteiger partial charge in [0.1, 0.15) is 0 Å². The second-order valence-corrected chi connectivity index (χ2v) is 3.52. The molecule has 0 saturated heterocycles. The molecule has 2 aromatic rings. The summed E-state index contributed by atoms with van der Waals surface area (Å²) in [6, 6.07) is 12.7. The third kappa shape index (κ3) is 1.61. The average Bonchev–Trinajstić information content (AvgIpc) is 2.16. The molecule has 0 spiro atoms. The lowest BCUT2D eigenvalue weighted by molar-refractivity contribution is -0.0767. The van der Waals surface area contributed by atoms with Gasteiger partial charge in [0, 0.05) is 5.56 Å². The van der Waals surface area contributed by atoms with Crippen LogP contribution in [-0.4, -0.2) is 5.11 Å². The van der Waals surface area contributed by atoms with E-state index in [0.717, 1.165) is 17.7 Å². The van der Waals surface area contributed by atoms with Crippen molar-refractivity contribution >= 4 is 10.8 Å². The lowest BCUT2D eigenvalue weighted by Crippen LogP contribution is -2.12. The van der Waals surface area contributed by atoms with Crippen LogP contribution in [0.15, 0.2) is 42.5 Å². The van der Waals surface area contributed by atoms with E-state index in [1.807, 2.05) is 24.3 Å². The SMILES string of the molecule is CC(O)(F)c1ccc2ccccc2c1. The van der Waals surface area contributed by atoms with E-state index in [1.165, 1.54) is 0 Å². The van der Waals surface area contributed by atoms with Gasteiger partial charge < -0.3 is 5.11 Å². The van der Waals surface area contributed by atoms with Crippen LogP contribution in [0, 0.1) is 0 Å². The molecule has 2 aromatic carbocycles. The fraction of sp³-hybridized carbons (Fsp3) is 0.167. The smallest absolute Gasteiger partial charge is 0.230 e. The molecule has 1 nitrogen and oxygen atoms in total. The van der Waals surface area contributed by atoms with Crippen molar-refractivity contribution in [1.82, 2.24) is 0 Å². The Morgan fingerprint density at radius 2 is 1.71 bits per heavy atom. The molecule has 2 heteroatoms. The van der Waals surface area contributed by atoms with E-state index in [0.29, 0.717) is 0 Å². The monoisotopic (exact) mass is 190 g/mol. The van der Waals surface area contributed by atoms with E-state index in [-0.39, 0.29) is 5.56 Å². The number of fused-ring (bicyclic) bond motifs is 1. The van der Waals surface area contributed by atoms with Crippen molar-refractivity contribution in [2.75, 3.05) is 0 Å². The van der Waals surface area contributed by atoms with Crippen LogP contribution in [0.4, 0.5) is 4.39 Å². The van der Waals surface area contributed by atoms with Gasteiger partial charge in [-0.15, -0.1) is 0 Å². The predicted molar refractivity (Wildman–Crippen MR) is 54.6 cm³/mol. The standard InChI is InChI=1S/C12H11FO/c1-12(13,14)11-7-6-9-4-2-3-5-10(9)8-11/h2-8,14H,1H3. The maximum atomic E-state index is 13.2. The summed E-state index contributed by atoms with van der Waals surface area (Å²) in [7, 11) is 0. The van der Waals surface area contributed by atoms with Gasteiger partial charge in [-0.2, -0.15) is 0 Å². The van der Waals surface area contributed by atoms with Gasteiger partial charge in [-0.1, -0.05) is 36.4 Å². The van der Waals surface area contributed by atoms with Crippen LogP contribution in [0.1, 0.15) is 12.5 Å². The zero-order valence-corrected chi connectivity index (χ0v) is 7.87. The Kier molecular flexibility index (Phi) is 2.01. The van der Waals surface area contributed by atoms with Crippen LogP contribution in [0.5, 0.6) is 0 Å². The molecule has 1 atom stereocenters. The summed E-state index contributed by atoms with van der Waals surface area (Å²) in [6.07, 6.45) is 0. The van der Waals surface area contributed by atoms with Gasteiger partial charge in [-0.05, 0) is 23.8 Å². The largest absolute Gasteiger partial charge is 0.358 e. The van der Waals surface area contributed by atoms with E-state index in [1.54, 1.807) is 18.2 Å². The Hall–Kier alpha value is -1.41. The number of aliphatic hydroxyl groups is 1. The van der Waals surface area contributed by atoms with E-state index in [9.17, 15) is 9.50 Å². The third-order valence-electron chi connectivity index (χ3n) is 2.28. The molecular formula is C12H11FO. The second-order valence-electron chi connectivity index (χ2n) is 3.52. The lowest BCUT2D eigenvalue weighted by Gasteiger charge is -2.13. The fourth-order valence-corrected chi connectivity index (χ4v) is 1.47. The molecule has 0 radical (unpaired) electrons. The zero-order valence-electron chi connectivity index (χ0n) is 7.87. The fourth-order valence-electron chi connectivity index (χ4n) is 1.47. The Morgan fingerprint density at radius 1 is 1.07 bits per heavy atom. The molecule has 2 rings (SSSR count). The highest BCUT2D eigenvalue weighted by molar-refractivity contribution is 5.83. The van der Waals surface area contributed by atoms with Crippen LogP contribution in [0.25, 0.3) is 10.8 Å². The molecule has 0 aliphatic carbocycles. The van der Waals surface area contributed by atoms with E-state index >= 15 is 0 Å². The van der Waals surface area contributed by atoms with Crippen LogP contribution >= 0.6 is 0 Å². The number of hydrogen-bond acceptors (Lipinski definition) is 1. The highest BCUT2D eigenvalue weighted by Gasteiger charge is 2.20. The normalized spacial score (nSPS) is 15.4. The van der Waals surface area contributed by atoms with Crippen LogP contribution in [0.3, 0.4) is 0 Å². The average molecular weight is 190 g/mol.